The number of carboxylic acid groups (broad SMARTS) is 1. The summed E-state index contributed by atoms with van der Waals surface area (Å²) >= 11 is 0. The largest absolute Gasteiger partial charge is 0.480 e. The zero-order valence-corrected chi connectivity index (χ0v) is 21.7. The van der Waals surface area contributed by atoms with Gasteiger partial charge in [-0.3, -0.25) is 29.2 Å². The molecule has 0 saturated carbocycles. The Balaban J connectivity index is 5.51. The van der Waals surface area contributed by atoms with Gasteiger partial charge in [-0.05, 0) is 31.6 Å². The fraction of sp³-hybridized carbons (Fsp3) is 0.667. The van der Waals surface area contributed by atoms with Crippen LogP contribution < -0.4 is 50.4 Å². The van der Waals surface area contributed by atoms with Crippen molar-refractivity contribution in [2.45, 2.75) is 70.1 Å². The Morgan fingerprint density at radius 2 is 1.24 bits per heavy atom. The van der Waals surface area contributed by atoms with Gasteiger partial charge in [0.25, 0.3) is 0 Å². The third-order valence-corrected chi connectivity index (χ3v) is 5.15. The molecule has 0 saturated heterocycles. The second-order valence-corrected chi connectivity index (χ2v) is 8.87. The first-order valence-corrected chi connectivity index (χ1v) is 11.9. The maximum Gasteiger partial charge on any atom is 0.326 e. The number of nitrogens with two attached hydrogens (primary N) is 6. The minimum Gasteiger partial charge on any atom is -0.480 e. The topological polar surface area (TPSA) is 323 Å². The number of amides is 4. The lowest BCUT2D eigenvalue weighted by Gasteiger charge is -2.27. The monoisotopic (exact) mass is 543 g/mol. The molecule has 0 spiro atoms. The van der Waals surface area contributed by atoms with Gasteiger partial charge in [-0.15, -0.1) is 0 Å². The number of carbonyl (C=O) groups is 5. The fourth-order valence-electron chi connectivity index (χ4n) is 3.15. The molecule has 0 rings (SSSR count). The lowest BCUT2D eigenvalue weighted by atomic mass is 10.0. The van der Waals surface area contributed by atoms with Gasteiger partial charge in [0.15, 0.2) is 11.9 Å². The van der Waals surface area contributed by atoms with Crippen LogP contribution in [0, 0.1) is 5.92 Å². The third kappa shape index (κ3) is 14.4. The van der Waals surface area contributed by atoms with Crippen molar-refractivity contribution in [3.8, 4) is 0 Å². The van der Waals surface area contributed by atoms with E-state index in [1.807, 2.05) is 0 Å². The van der Waals surface area contributed by atoms with Crippen LogP contribution in [0.15, 0.2) is 9.98 Å². The highest BCUT2D eigenvalue weighted by atomic mass is 16.4. The summed E-state index contributed by atoms with van der Waals surface area (Å²) in [6, 6.07) is -4.85. The minimum atomic E-state index is -1.58. The van der Waals surface area contributed by atoms with E-state index in [0.29, 0.717) is 12.8 Å². The molecule has 0 aliphatic carbocycles. The van der Waals surface area contributed by atoms with E-state index in [1.54, 1.807) is 13.8 Å². The molecule has 0 aromatic carbocycles. The van der Waals surface area contributed by atoms with E-state index >= 15 is 0 Å². The molecular formula is C21H41N11O6. The first-order valence-electron chi connectivity index (χ1n) is 11.9. The van der Waals surface area contributed by atoms with Crippen LogP contribution in [0.4, 0.5) is 0 Å². The van der Waals surface area contributed by atoms with Crippen molar-refractivity contribution >= 4 is 41.5 Å². The van der Waals surface area contributed by atoms with Crippen LogP contribution in [0.25, 0.3) is 0 Å². The maximum absolute atomic E-state index is 13.1. The van der Waals surface area contributed by atoms with Crippen molar-refractivity contribution in [2.75, 3.05) is 13.1 Å². The molecule has 0 unspecified atom stereocenters. The number of aliphatic imine (C=N–C) groups is 2. The molecule has 0 aromatic heterocycles. The van der Waals surface area contributed by atoms with Crippen molar-refractivity contribution < 1.29 is 29.1 Å². The van der Waals surface area contributed by atoms with Crippen LogP contribution in [0.5, 0.6) is 0 Å². The first-order chi connectivity index (χ1) is 17.6. The van der Waals surface area contributed by atoms with Crippen LogP contribution in [-0.4, -0.2) is 83.9 Å². The van der Waals surface area contributed by atoms with Gasteiger partial charge in [-0.2, -0.15) is 0 Å². The normalized spacial score (nSPS) is 13.8. The van der Waals surface area contributed by atoms with Crippen LogP contribution >= 0.6 is 0 Å². The molecule has 0 fully saturated rings. The summed E-state index contributed by atoms with van der Waals surface area (Å²) < 4.78 is 0. The second-order valence-electron chi connectivity index (χ2n) is 8.87. The molecule has 0 aliphatic heterocycles. The van der Waals surface area contributed by atoms with E-state index < -0.39 is 66.1 Å². The highest BCUT2D eigenvalue weighted by molar-refractivity contribution is 5.95. The summed E-state index contributed by atoms with van der Waals surface area (Å²) in [5.74, 6) is -5.29. The number of rotatable bonds is 18. The maximum atomic E-state index is 13.1. The van der Waals surface area contributed by atoms with E-state index in [0.717, 1.165) is 0 Å². The van der Waals surface area contributed by atoms with Gasteiger partial charge in [-0.25, -0.2) is 4.79 Å². The molecule has 17 heteroatoms. The molecule has 4 amide bonds. The molecule has 216 valence electrons. The Morgan fingerprint density at radius 1 is 0.737 bits per heavy atom. The van der Waals surface area contributed by atoms with E-state index in [-0.39, 0.29) is 37.9 Å². The van der Waals surface area contributed by atoms with Crippen molar-refractivity contribution in [3.05, 3.63) is 0 Å². The van der Waals surface area contributed by atoms with E-state index in [9.17, 15) is 29.1 Å². The summed E-state index contributed by atoms with van der Waals surface area (Å²) in [5, 5.41) is 16.5. The van der Waals surface area contributed by atoms with Crippen molar-refractivity contribution in [3.63, 3.8) is 0 Å². The van der Waals surface area contributed by atoms with Crippen LogP contribution in [0.2, 0.25) is 0 Å². The van der Waals surface area contributed by atoms with Crippen molar-refractivity contribution in [1.29, 1.82) is 0 Å². The lowest BCUT2D eigenvalue weighted by molar-refractivity contribution is -0.144. The number of nitrogens with one attached hydrogen (secondary N) is 3. The number of primary amides is 1. The highest BCUT2D eigenvalue weighted by Crippen LogP contribution is 2.07. The van der Waals surface area contributed by atoms with Gasteiger partial charge >= 0.3 is 5.97 Å². The average molecular weight is 544 g/mol. The first kappa shape index (κ1) is 33.8. The molecule has 16 N–H and O–H groups in total. The van der Waals surface area contributed by atoms with Crippen molar-refractivity contribution in [2.24, 2.45) is 50.3 Å². The highest BCUT2D eigenvalue weighted by Gasteiger charge is 2.32. The molecule has 4 atom stereocenters. The standard InChI is InChI=1S/C21H41N11O6/c1-10(2)15(18(36)31-13(19(37)38)9-14(23)33)32-17(35)12(6-4-8-29-21(26)27)30-16(34)11(22)5-3-7-28-20(24)25/h10-13,15H,3-9,22H2,1-2H3,(H2,23,33)(H,30,34)(H,31,36)(H,32,35)(H,37,38)(H4,24,25,28)(H4,26,27,29)/t11-,12-,13-,15-/m0/s1. The van der Waals surface area contributed by atoms with E-state index in [4.69, 9.17) is 34.4 Å². The molecule has 17 nitrogen and oxygen atoms in total. The fourth-order valence-corrected chi connectivity index (χ4v) is 3.15. The number of hydrogen-bond acceptors (Lipinski definition) is 8. The third-order valence-electron chi connectivity index (χ3n) is 5.15. The molecule has 0 heterocycles. The number of carbonyl (C=O) groups excluding carboxylic acids is 4. The smallest absolute Gasteiger partial charge is 0.326 e. The van der Waals surface area contributed by atoms with E-state index in [2.05, 4.69) is 25.9 Å². The van der Waals surface area contributed by atoms with Crippen LogP contribution in [0.3, 0.4) is 0 Å². The Bertz CT molecular complexity index is 885. The summed E-state index contributed by atoms with van der Waals surface area (Å²) in [5.41, 5.74) is 32.1. The van der Waals surface area contributed by atoms with Gasteiger partial charge < -0.3 is 55.5 Å². The predicted octanol–water partition coefficient (Wildman–Crippen LogP) is -4.51. The quantitative estimate of drug-likeness (QED) is 0.0446. The number of carboxylic acids is 1. The summed E-state index contributed by atoms with van der Waals surface area (Å²) in [6.45, 7) is 3.68. The van der Waals surface area contributed by atoms with Gasteiger partial charge in [0, 0.05) is 13.1 Å². The zero-order valence-electron chi connectivity index (χ0n) is 21.7. The number of nitrogens with zero attached hydrogens (tertiary/aromatic N) is 2. The Labute approximate surface area is 220 Å². The Kier molecular flexibility index (Phi) is 15.4. The van der Waals surface area contributed by atoms with Gasteiger partial charge in [0.2, 0.25) is 23.6 Å². The van der Waals surface area contributed by atoms with Gasteiger partial charge in [0.1, 0.15) is 18.1 Å². The summed E-state index contributed by atoms with van der Waals surface area (Å²) in [6.07, 6.45) is 0.414. The molecule has 0 aromatic rings. The van der Waals surface area contributed by atoms with Gasteiger partial charge in [0.05, 0.1) is 12.5 Å². The Morgan fingerprint density at radius 3 is 1.68 bits per heavy atom. The summed E-state index contributed by atoms with van der Waals surface area (Å²) in [7, 11) is 0. The molecule has 38 heavy (non-hydrogen) atoms. The second kappa shape index (κ2) is 17.3. The number of hydrogen-bond donors (Lipinski definition) is 10. The Hall–Kier alpha value is -4.15. The lowest BCUT2D eigenvalue weighted by Crippen LogP contribution is -2.58. The average Bonchev–Trinajstić information content (AvgIpc) is 2.80. The molecule has 0 radical (unpaired) electrons. The van der Waals surface area contributed by atoms with Crippen molar-refractivity contribution in [1.82, 2.24) is 16.0 Å². The minimum absolute atomic E-state index is 0.0893. The summed E-state index contributed by atoms with van der Waals surface area (Å²) in [4.78, 5) is 68.7. The predicted molar refractivity (Wildman–Crippen MR) is 140 cm³/mol. The molecule has 0 bridgehead atoms. The number of guanidine groups is 2. The molecule has 0 aliphatic rings. The molecular weight excluding hydrogens is 502 g/mol. The van der Waals surface area contributed by atoms with Crippen LogP contribution in [0.1, 0.15) is 46.0 Å². The number of aliphatic carboxylic acids is 1. The van der Waals surface area contributed by atoms with E-state index in [1.165, 1.54) is 0 Å². The van der Waals surface area contributed by atoms with Gasteiger partial charge in [-0.1, -0.05) is 13.8 Å². The van der Waals surface area contributed by atoms with Crippen LogP contribution in [-0.2, 0) is 24.0 Å². The zero-order chi connectivity index (χ0) is 29.4. The SMILES string of the molecule is CC(C)[C@H](NC(=O)[C@H](CCCN=C(N)N)NC(=O)[C@@H](N)CCCN=C(N)N)C(=O)N[C@@H](CC(N)=O)C(=O)O.